The Hall–Kier alpha value is -2.50. The summed E-state index contributed by atoms with van der Waals surface area (Å²) < 4.78 is 10.6. The number of benzene rings is 1. The van der Waals surface area contributed by atoms with Gasteiger partial charge in [0.25, 0.3) is 0 Å². The molecule has 122 valence electrons. The van der Waals surface area contributed by atoms with E-state index < -0.39 is 0 Å². The van der Waals surface area contributed by atoms with Gasteiger partial charge in [-0.15, -0.1) is 0 Å². The van der Waals surface area contributed by atoms with Crippen LogP contribution in [0.3, 0.4) is 0 Å². The first-order valence-electron chi connectivity index (χ1n) is 7.72. The zero-order valence-corrected chi connectivity index (χ0v) is 13.0. The standard InChI is InChI=1S/C17H20N2O4/c1-11-2-5-13(17(18)21)9-19(11)16(20)7-4-12-3-6-14-15(8-12)23-10-22-14/h3-4,6-8,11,13H,2,5,9-10H2,1H3,(H2,18,21)/b7-4-/t11-,13-/m1/s1. The van der Waals surface area contributed by atoms with Crippen molar-refractivity contribution in [1.29, 1.82) is 0 Å². The second-order valence-electron chi connectivity index (χ2n) is 5.96. The molecule has 2 amide bonds. The molecule has 3 rings (SSSR count). The molecule has 0 bridgehead atoms. The Morgan fingerprint density at radius 3 is 2.83 bits per heavy atom. The Morgan fingerprint density at radius 2 is 2.04 bits per heavy atom. The van der Waals surface area contributed by atoms with Crippen LogP contribution in [0.15, 0.2) is 24.3 Å². The van der Waals surface area contributed by atoms with Crippen molar-refractivity contribution in [2.75, 3.05) is 13.3 Å². The Bertz CT molecular complexity index is 656. The highest BCUT2D eigenvalue weighted by molar-refractivity contribution is 5.92. The molecule has 2 N–H and O–H groups in total. The van der Waals surface area contributed by atoms with Crippen LogP contribution in [0.1, 0.15) is 25.3 Å². The van der Waals surface area contributed by atoms with Crippen molar-refractivity contribution in [2.45, 2.75) is 25.8 Å². The van der Waals surface area contributed by atoms with Gasteiger partial charge in [0.2, 0.25) is 18.6 Å². The minimum atomic E-state index is -0.338. The van der Waals surface area contributed by atoms with E-state index in [0.717, 1.165) is 18.4 Å². The van der Waals surface area contributed by atoms with Gasteiger partial charge in [-0.3, -0.25) is 9.59 Å². The maximum Gasteiger partial charge on any atom is 0.246 e. The van der Waals surface area contributed by atoms with E-state index in [-0.39, 0.29) is 30.6 Å². The second kappa shape index (κ2) is 6.32. The summed E-state index contributed by atoms with van der Waals surface area (Å²) in [6.45, 7) is 2.60. The number of hydrogen-bond acceptors (Lipinski definition) is 4. The minimum absolute atomic E-state index is 0.110. The molecule has 0 aromatic heterocycles. The third-order valence-electron chi connectivity index (χ3n) is 4.38. The van der Waals surface area contributed by atoms with Crippen LogP contribution in [0.2, 0.25) is 0 Å². The highest BCUT2D eigenvalue weighted by Gasteiger charge is 2.30. The summed E-state index contributed by atoms with van der Waals surface area (Å²) in [5.74, 6) is 0.687. The van der Waals surface area contributed by atoms with Gasteiger partial charge < -0.3 is 20.1 Å². The van der Waals surface area contributed by atoms with Gasteiger partial charge in [-0.2, -0.15) is 0 Å². The molecular formula is C17H20N2O4. The summed E-state index contributed by atoms with van der Waals surface area (Å²) >= 11 is 0. The van der Waals surface area contributed by atoms with E-state index in [1.165, 1.54) is 6.08 Å². The number of piperidine rings is 1. The smallest absolute Gasteiger partial charge is 0.246 e. The van der Waals surface area contributed by atoms with Crippen molar-refractivity contribution in [3.63, 3.8) is 0 Å². The Kier molecular flexibility index (Phi) is 4.23. The fraction of sp³-hybridized carbons (Fsp3) is 0.412. The van der Waals surface area contributed by atoms with Gasteiger partial charge in [0.15, 0.2) is 11.5 Å². The number of hydrogen-bond donors (Lipinski definition) is 1. The van der Waals surface area contributed by atoms with E-state index >= 15 is 0 Å². The van der Waals surface area contributed by atoms with Crippen molar-refractivity contribution >= 4 is 17.9 Å². The van der Waals surface area contributed by atoms with E-state index in [9.17, 15) is 9.59 Å². The van der Waals surface area contributed by atoms with Gasteiger partial charge >= 0.3 is 0 Å². The molecule has 1 fully saturated rings. The van der Waals surface area contributed by atoms with E-state index in [4.69, 9.17) is 15.2 Å². The number of carbonyl (C=O) groups is 2. The molecule has 0 spiro atoms. The molecule has 0 radical (unpaired) electrons. The molecule has 2 atom stereocenters. The predicted molar refractivity (Wildman–Crippen MR) is 84.7 cm³/mol. The van der Waals surface area contributed by atoms with Gasteiger partial charge in [0.05, 0.1) is 5.92 Å². The topological polar surface area (TPSA) is 81.9 Å². The van der Waals surface area contributed by atoms with Gasteiger partial charge in [-0.1, -0.05) is 6.07 Å². The number of likely N-dealkylation sites (tertiary alicyclic amines) is 1. The summed E-state index contributed by atoms with van der Waals surface area (Å²) in [6.07, 6.45) is 4.80. The van der Waals surface area contributed by atoms with E-state index in [0.29, 0.717) is 18.0 Å². The second-order valence-corrected chi connectivity index (χ2v) is 5.96. The SMILES string of the molecule is C[C@@H]1CC[C@@H](C(N)=O)CN1C(=O)/C=C\c1ccc2c(c1)OCO2. The van der Waals surface area contributed by atoms with Crippen molar-refractivity contribution in [3.8, 4) is 11.5 Å². The number of carbonyl (C=O) groups excluding carboxylic acids is 2. The van der Waals surface area contributed by atoms with E-state index in [1.807, 2.05) is 25.1 Å². The van der Waals surface area contributed by atoms with Gasteiger partial charge in [0.1, 0.15) is 0 Å². The van der Waals surface area contributed by atoms with Gasteiger partial charge in [-0.25, -0.2) is 0 Å². The molecule has 0 unspecified atom stereocenters. The monoisotopic (exact) mass is 316 g/mol. The molecule has 6 heteroatoms. The van der Waals surface area contributed by atoms with Gasteiger partial charge in [-0.05, 0) is 43.5 Å². The molecule has 1 aromatic carbocycles. The summed E-state index contributed by atoms with van der Waals surface area (Å²) in [7, 11) is 0. The lowest BCUT2D eigenvalue weighted by atomic mass is 9.93. The summed E-state index contributed by atoms with van der Waals surface area (Å²) in [5.41, 5.74) is 6.23. The van der Waals surface area contributed by atoms with Crippen molar-refractivity contribution in [2.24, 2.45) is 11.7 Å². The van der Waals surface area contributed by atoms with Crippen LogP contribution in [0.4, 0.5) is 0 Å². The van der Waals surface area contributed by atoms with E-state index in [1.54, 1.807) is 11.0 Å². The summed E-state index contributed by atoms with van der Waals surface area (Å²) in [4.78, 5) is 25.5. The maximum absolute atomic E-state index is 12.4. The van der Waals surface area contributed by atoms with Crippen LogP contribution in [-0.4, -0.2) is 36.1 Å². The van der Waals surface area contributed by atoms with Crippen LogP contribution in [0.5, 0.6) is 11.5 Å². The number of fused-ring (bicyclic) bond motifs is 1. The minimum Gasteiger partial charge on any atom is -0.454 e. The number of amides is 2. The molecule has 1 saturated heterocycles. The first kappa shape index (κ1) is 15.4. The molecule has 2 aliphatic heterocycles. The average Bonchev–Trinajstić information content (AvgIpc) is 3.00. The molecule has 0 aliphatic carbocycles. The Balaban J connectivity index is 1.69. The van der Waals surface area contributed by atoms with Crippen molar-refractivity contribution < 1.29 is 19.1 Å². The third kappa shape index (κ3) is 3.31. The van der Waals surface area contributed by atoms with Crippen LogP contribution in [0, 0.1) is 5.92 Å². The molecule has 2 aliphatic rings. The van der Waals surface area contributed by atoms with Crippen LogP contribution in [-0.2, 0) is 9.59 Å². The Morgan fingerprint density at radius 1 is 1.26 bits per heavy atom. The zero-order chi connectivity index (χ0) is 16.4. The average molecular weight is 316 g/mol. The fourth-order valence-electron chi connectivity index (χ4n) is 2.93. The summed E-state index contributed by atoms with van der Waals surface area (Å²) in [5, 5.41) is 0. The number of ether oxygens (including phenoxy) is 2. The van der Waals surface area contributed by atoms with Crippen LogP contribution < -0.4 is 15.2 Å². The highest BCUT2D eigenvalue weighted by Crippen LogP contribution is 2.32. The zero-order valence-electron chi connectivity index (χ0n) is 13.0. The number of rotatable bonds is 3. The molecule has 0 saturated carbocycles. The number of nitrogens with zero attached hydrogens (tertiary/aromatic N) is 1. The molecule has 2 heterocycles. The predicted octanol–water partition coefficient (Wildman–Crippen LogP) is 1.54. The number of primary amides is 1. The maximum atomic E-state index is 12.4. The van der Waals surface area contributed by atoms with Crippen molar-refractivity contribution in [1.82, 2.24) is 4.90 Å². The normalized spacial score (nSPS) is 23.3. The van der Waals surface area contributed by atoms with Crippen LogP contribution in [0.25, 0.3) is 6.08 Å². The van der Waals surface area contributed by atoms with Crippen molar-refractivity contribution in [3.05, 3.63) is 29.8 Å². The highest BCUT2D eigenvalue weighted by atomic mass is 16.7. The third-order valence-corrected chi connectivity index (χ3v) is 4.38. The Labute approximate surface area is 134 Å². The first-order chi connectivity index (χ1) is 11.0. The van der Waals surface area contributed by atoms with Gasteiger partial charge in [0, 0.05) is 18.7 Å². The fourth-order valence-corrected chi connectivity index (χ4v) is 2.93. The summed E-state index contributed by atoms with van der Waals surface area (Å²) in [6, 6.07) is 5.62. The lowest BCUT2D eigenvalue weighted by Gasteiger charge is -2.36. The molecular weight excluding hydrogens is 296 g/mol. The number of nitrogens with two attached hydrogens (primary N) is 1. The first-order valence-corrected chi connectivity index (χ1v) is 7.72. The lowest BCUT2D eigenvalue weighted by Crippen LogP contribution is -2.48. The molecule has 1 aromatic rings. The van der Waals surface area contributed by atoms with Crippen LogP contribution >= 0.6 is 0 Å². The largest absolute Gasteiger partial charge is 0.454 e. The quantitative estimate of drug-likeness (QED) is 0.858. The molecule has 6 nitrogen and oxygen atoms in total. The molecule has 23 heavy (non-hydrogen) atoms. The lowest BCUT2D eigenvalue weighted by molar-refractivity contribution is -0.133. The van der Waals surface area contributed by atoms with E-state index in [2.05, 4.69) is 0 Å².